The molecule has 0 saturated heterocycles. The molecule has 0 aliphatic heterocycles. The second kappa shape index (κ2) is 8.12. The van der Waals surface area contributed by atoms with Gasteiger partial charge in [-0.2, -0.15) is 0 Å². The molecule has 0 fully saturated rings. The fraction of sp³-hybridized carbons (Fsp3) is 0.353. The molecule has 1 heterocycles. The van der Waals surface area contributed by atoms with E-state index in [0.29, 0.717) is 13.1 Å². The summed E-state index contributed by atoms with van der Waals surface area (Å²) in [6, 6.07) is 8.93. The molecular formula is C17H22N4O2. The molecule has 2 N–H and O–H groups in total. The zero-order valence-electron chi connectivity index (χ0n) is 13.5. The summed E-state index contributed by atoms with van der Waals surface area (Å²) in [6.45, 7) is 4.73. The largest absolute Gasteiger partial charge is 0.336 e. The summed E-state index contributed by atoms with van der Waals surface area (Å²) in [5.74, 6) is 0. The molecule has 6 nitrogen and oxygen atoms in total. The lowest BCUT2D eigenvalue weighted by Gasteiger charge is -2.11. The standard InChI is InChI=1S/C17H22N4O2/c1-3-13-7-5-6-8-15(13)20-17(23)18-9-10-21-12-19-14(4-2)11-16(21)22/h5-8,11-12H,3-4,9-10H2,1-2H3,(H2,18,20,23). The number of carbonyl (C=O) groups excluding carboxylic acids is 1. The van der Waals surface area contributed by atoms with Crippen LogP contribution in [-0.2, 0) is 19.4 Å². The molecule has 1 aromatic carbocycles. The van der Waals surface area contributed by atoms with Crippen LogP contribution in [0.4, 0.5) is 10.5 Å². The first-order valence-corrected chi connectivity index (χ1v) is 7.82. The summed E-state index contributed by atoms with van der Waals surface area (Å²) in [6.07, 6.45) is 3.10. The Morgan fingerprint density at radius 2 is 2.00 bits per heavy atom. The Balaban J connectivity index is 1.86. The smallest absolute Gasteiger partial charge is 0.319 e. The number of aryl methyl sites for hydroxylation is 2. The van der Waals surface area contributed by atoms with E-state index in [1.54, 1.807) is 0 Å². The maximum Gasteiger partial charge on any atom is 0.319 e. The van der Waals surface area contributed by atoms with Gasteiger partial charge in [0, 0.05) is 30.5 Å². The lowest BCUT2D eigenvalue weighted by atomic mass is 10.1. The average molecular weight is 314 g/mol. The molecule has 23 heavy (non-hydrogen) atoms. The summed E-state index contributed by atoms with van der Waals surface area (Å²) >= 11 is 0. The number of hydrogen-bond donors (Lipinski definition) is 2. The molecule has 0 aliphatic carbocycles. The predicted octanol–water partition coefficient (Wildman–Crippen LogP) is 2.19. The van der Waals surface area contributed by atoms with Gasteiger partial charge in [-0.15, -0.1) is 0 Å². The Labute approximate surface area is 135 Å². The monoisotopic (exact) mass is 314 g/mol. The molecule has 0 atom stereocenters. The van der Waals surface area contributed by atoms with Crippen LogP contribution >= 0.6 is 0 Å². The summed E-state index contributed by atoms with van der Waals surface area (Å²) in [5, 5.41) is 5.58. The van der Waals surface area contributed by atoms with Gasteiger partial charge in [0.15, 0.2) is 0 Å². The summed E-state index contributed by atoms with van der Waals surface area (Å²) in [4.78, 5) is 28.0. The number of rotatable bonds is 6. The third-order valence-electron chi connectivity index (χ3n) is 3.58. The van der Waals surface area contributed by atoms with Crippen LogP contribution in [0.25, 0.3) is 0 Å². The zero-order valence-corrected chi connectivity index (χ0v) is 13.5. The first kappa shape index (κ1) is 16.7. The lowest BCUT2D eigenvalue weighted by molar-refractivity contribution is 0.251. The summed E-state index contributed by atoms with van der Waals surface area (Å²) < 4.78 is 1.49. The highest BCUT2D eigenvalue weighted by atomic mass is 16.2. The Bertz CT molecular complexity index is 725. The van der Waals surface area contributed by atoms with Crippen molar-refractivity contribution in [1.29, 1.82) is 0 Å². The number of hydrogen-bond acceptors (Lipinski definition) is 3. The lowest BCUT2D eigenvalue weighted by Crippen LogP contribution is -2.34. The van der Waals surface area contributed by atoms with Crippen LogP contribution in [-0.4, -0.2) is 22.1 Å². The van der Waals surface area contributed by atoms with Gasteiger partial charge >= 0.3 is 6.03 Å². The van der Waals surface area contributed by atoms with Crippen LogP contribution in [0.5, 0.6) is 0 Å². The predicted molar refractivity (Wildman–Crippen MR) is 90.7 cm³/mol. The van der Waals surface area contributed by atoms with Crippen molar-refractivity contribution in [1.82, 2.24) is 14.9 Å². The van der Waals surface area contributed by atoms with Gasteiger partial charge in [0.25, 0.3) is 5.56 Å². The maximum atomic E-state index is 11.9. The van der Waals surface area contributed by atoms with E-state index < -0.39 is 0 Å². The van der Waals surface area contributed by atoms with Crippen LogP contribution < -0.4 is 16.2 Å². The fourth-order valence-electron chi connectivity index (χ4n) is 2.23. The second-order valence-corrected chi connectivity index (χ2v) is 5.16. The quantitative estimate of drug-likeness (QED) is 0.858. The fourth-order valence-corrected chi connectivity index (χ4v) is 2.23. The molecule has 0 spiro atoms. The molecule has 122 valence electrons. The third kappa shape index (κ3) is 4.67. The Kier molecular flexibility index (Phi) is 5.91. The van der Waals surface area contributed by atoms with Crippen molar-refractivity contribution >= 4 is 11.7 Å². The van der Waals surface area contributed by atoms with Gasteiger partial charge in [0.1, 0.15) is 0 Å². The van der Waals surface area contributed by atoms with Gasteiger partial charge in [-0.3, -0.25) is 9.36 Å². The van der Waals surface area contributed by atoms with E-state index in [9.17, 15) is 9.59 Å². The summed E-state index contributed by atoms with van der Waals surface area (Å²) in [7, 11) is 0. The van der Waals surface area contributed by atoms with Crippen molar-refractivity contribution in [2.24, 2.45) is 0 Å². The van der Waals surface area contributed by atoms with Crippen LogP contribution in [0.3, 0.4) is 0 Å². The molecule has 0 unspecified atom stereocenters. The SMILES string of the molecule is CCc1cc(=O)n(CCNC(=O)Nc2ccccc2CC)cn1. The highest BCUT2D eigenvalue weighted by Crippen LogP contribution is 2.14. The Morgan fingerprint density at radius 1 is 1.22 bits per heavy atom. The number of nitrogens with one attached hydrogen (secondary N) is 2. The molecule has 0 radical (unpaired) electrons. The topological polar surface area (TPSA) is 76.0 Å². The number of amides is 2. The van der Waals surface area contributed by atoms with Crippen LogP contribution in [0.1, 0.15) is 25.1 Å². The normalized spacial score (nSPS) is 10.3. The van der Waals surface area contributed by atoms with Gasteiger partial charge in [-0.25, -0.2) is 9.78 Å². The number of anilines is 1. The Morgan fingerprint density at radius 3 is 2.70 bits per heavy atom. The molecule has 1 aromatic heterocycles. The van der Waals surface area contributed by atoms with E-state index in [-0.39, 0.29) is 11.6 Å². The van der Waals surface area contributed by atoms with Crippen molar-refractivity contribution < 1.29 is 4.79 Å². The molecule has 2 aromatic rings. The van der Waals surface area contributed by atoms with Crippen LogP contribution in [0.2, 0.25) is 0 Å². The van der Waals surface area contributed by atoms with E-state index in [0.717, 1.165) is 29.8 Å². The minimum Gasteiger partial charge on any atom is -0.336 e. The second-order valence-electron chi connectivity index (χ2n) is 5.16. The van der Waals surface area contributed by atoms with Crippen molar-refractivity contribution in [3.8, 4) is 0 Å². The maximum absolute atomic E-state index is 11.9. The Hall–Kier alpha value is -2.63. The zero-order chi connectivity index (χ0) is 16.7. The summed E-state index contributed by atoms with van der Waals surface area (Å²) in [5.41, 5.74) is 2.56. The first-order chi connectivity index (χ1) is 11.1. The number of nitrogens with zero attached hydrogens (tertiary/aromatic N) is 2. The molecule has 2 rings (SSSR count). The third-order valence-corrected chi connectivity index (χ3v) is 3.58. The van der Waals surface area contributed by atoms with Crippen molar-refractivity contribution in [2.45, 2.75) is 33.2 Å². The van der Waals surface area contributed by atoms with Gasteiger partial charge in [-0.05, 0) is 24.5 Å². The van der Waals surface area contributed by atoms with Gasteiger partial charge in [0.05, 0.1) is 6.33 Å². The van der Waals surface area contributed by atoms with Gasteiger partial charge < -0.3 is 10.6 Å². The van der Waals surface area contributed by atoms with E-state index in [4.69, 9.17) is 0 Å². The number of urea groups is 1. The minimum atomic E-state index is -0.280. The van der Waals surface area contributed by atoms with E-state index in [1.165, 1.54) is 17.0 Å². The van der Waals surface area contributed by atoms with E-state index >= 15 is 0 Å². The number of para-hydroxylation sites is 1. The molecular weight excluding hydrogens is 292 g/mol. The van der Waals surface area contributed by atoms with Gasteiger partial charge in [0.2, 0.25) is 0 Å². The van der Waals surface area contributed by atoms with Crippen molar-refractivity contribution in [3.63, 3.8) is 0 Å². The number of benzene rings is 1. The molecule has 6 heteroatoms. The van der Waals surface area contributed by atoms with Gasteiger partial charge in [-0.1, -0.05) is 32.0 Å². The highest BCUT2D eigenvalue weighted by molar-refractivity contribution is 5.90. The molecule has 0 bridgehead atoms. The van der Waals surface area contributed by atoms with E-state index in [1.807, 2.05) is 38.1 Å². The number of carbonyl (C=O) groups is 1. The first-order valence-electron chi connectivity index (χ1n) is 7.82. The van der Waals surface area contributed by atoms with Crippen LogP contribution in [0.15, 0.2) is 41.5 Å². The highest BCUT2D eigenvalue weighted by Gasteiger charge is 2.05. The number of aromatic nitrogens is 2. The average Bonchev–Trinajstić information content (AvgIpc) is 2.56. The van der Waals surface area contributed by atoms with Crippen molar-refractivity contribution in [3.05, 3.63) is 58.3 Å². The van der Waals surface area contributed by atoms with E-state index in [2.05, 4.69) is 15.6 Å². The van der Waals surface area contributed by atoms with Crippen LogP contribution in [0, 0.1) is 0 Å². The molecule has 0 saturated carbocycles. The molecule has 0 aliphatic rings. The minimum absolute atomic E-state index is 0.101. The molecule has 2 amide bonds. The van der Waals surface area contributed by atoms with Crippen molar-refractivity contribution in [2.75, 3.05) is 11.9 Å².